The second-order valence-electron chi connectivity index (χ2n) is 3.39. The van der Waals surface area contributed by atoms with Crippen molar-refractivity contribution in [3.63, 3.8) is 0 Å². The average molecular weight is 157 g/mol. The molecule has 0 aromatic rings. The van der Waals surface area contributed by atoms with Gasteiger partial charge in [0.25, 0.3) is 0 Å². The molecule has 11 heavy (non-hydrogen) atoms. The smallest absolute Gasteiger partial charge is 0.142 e. The molecule has 1 aliphatic rings. The molecule has 0 bridgehead atoms. The van der Waals surface area contributed by atoms with Crippen LogP contribution in [0.1, 0.15) is 20.8 Å². The van der Waals surface area contributed by atoms with E-state index < -0.39 is 0 Å². The van der Waals surface area contributed by atoms with Crippen LogP contribution in [0.25, 0.3) is 0 Å². The summed E-state index contributed by atoms with van der Waals surface area (Å²) in [7, 11) is 1.98. The number of aliphatic imine (C=N–C) groups is 1. The van der Waals surface area contributed by atoms with Crippen molar-refractivity contribution in [3.8, 4) is 0 Å². The highest BCUT2D eigenvalue weighted by molar-refractivity contribution is 5.91. The van der Waals surface area contributed by atoms with E-state index in [-0.39, 0.29) is 11.7 Å². The van der Waals surface area contributed by atoms with E-state index in [9.17, 15) is 0 Å². The van der Waals surface area contributed by atoms with Gasteiger partial charge in [-0.05, 0) is 27.8 Å². The fraction of sp³-hybridized carbons (Fsp3) is 0.857. The van der Waals surface area contributed by atoms with Gasteiger partial charge >= 0.3 is 0 Å². The minimum absolute atomic E-state index is 0.139. The summed E-state index contributed by atoms with van der Waals surface area (Å²) >= 11 is 0. The Morgan fingerprint density at radius 2 is 2.18 bits per heavy atom. The molecule has 0 spiro atoms. The Hall–Kier alpha value is -0.610. The molecule has 0 aliphatic carbocycles. The lowest BCUT2D eigenvalue weighted by Gasteiger charge is -2.30. The minimum atomic E-state index is -0.186. The molecule has 1 rings (SSSR count). The van der Waals surface area contributed by atoms with E-state index in [1.165, 1.54) is 0 Å². The molecule has 0 saturated carbocycles. The summed E-state index contributed by atoms with van der Waals surface area (Å²) in [5, 5.41) is 8.73. The summed E-state index contributed by atoms with van der Waals surface area (Å²) < 4.78 is 0. The monoisotopic (exact) mass is 157 g/mol. The number of hydrogen-bond acceptors (Lipinski definition) is 4. The fourth-order valence-electron chi connectivity index (χ4n) is 1.23. The first-order chi connectivity index (χ1) is 5.00. The van der Waals surface area contributed by atoms with Crippen molar-refractivity contribution in [2.75, 3.05) is 7.05 Å². The SMILES string of the molecule is CC1N=C(NO)C(C)(C)N1C. The summed E-state index contributed by atoms with van der Waals surface area (Å²) in [4.78, 5) is 6.31. The zero-order valence-corrected chi connectivity index (χ0v) is 7.42. The summed E-state index contributed by atoms with van der Waals surface area (Å²) in [6.07, 6.45) is 0.139. The maximum absolute atomic E-state index is 8.73. The van der Waals surface area contributed by atoms with E-state index in [2.05, 4.69) is 15.4 Å². The molecule has 0 radical (unpaired) electrons. The van der Waals surface area contributed by atoms with Crippen molar-refractivity contribution < 1.29 is 5.21 Å². The van der Waals surface area contributed by atoms with Crippen LogP contribution in [0.15, 0.2) is 4.99 Å². The molecule has 0 aromatic carbocycles. The van der Waals surface area contributed by atoms with Crippen molar-refractivity contribution in [2.24, 2.45) is 4.99 Å². The van der Waals surface area contributed by atoms with Crippen molar-refractivity contribution in [1.29, 1.82) is 0 Å². The Bertz CT molecular complexity index is 188. The first kappa shape index (κ1) is 8.49. The van der Waals surface area contributed by atoms with E-state index in [1.807, 2.05) is 27.8 Å². The van der Waals surface area contributed by atoms with Gasteiger partial charge in [0.1, 0.15) is 12.0 Å². The number of hydrogen-bond donors (Lipinski definition) is 2. The van der Waals surface area contributed by atoms with Gasteiger partial charge in [0.15, 0.2) is 0 Å². The van der Waals surface area contributed by atoms with Gasteiger partial charge < -0.3 is 0 Å². The first-order valence-electron chi connectivity index (χ1n) is 3.71. The normalized spacial score (nSPS) is 30.3. The molecular formula is C7H15N3O. The molecular weight excluding hydrogens is 142 g/mol. The Balaban J connectivity index is 2.88. The largest absolute Gasteiger partial charge is 0.290 e. The number of hydroxylamine groups is 1. The van der Waals surface area contributed by atoms with Crippen LogP contribution in [0.3, 0.4) is 0 Å². The zero-order chi connectivity index (χ0) is 8.65. The van der Waals surface area contributed by atoms with Crippen LogP contribution in [0.4, 0.5) is 0 Å². The third kappa shape index (κ3) is 1.12. The third-order valence-corrected chi connectivity index (χ3v) is 2.44. The number of rotatable bonds is 0. The van der Waals surface area contributed by atoms with Gasteiger partial charge in [-0.25, -0.2) is 4.99 Å². The van der Waals surface area contributed by atoms with Gasteiger partial charge in [-0.3, -0.25) is 15.6 Å². The molecule has 2 N–H and O–H groups in total. The molecule has 1 atom stereocenters. The lowest BCUT2D eigenvalue weighted by atomic mass is 10.0. The first-order valence-corrected chi connectivity index (χ1v) is 3.71. The zero-order valence-electron chi connectivity index (χ0n) is 7.42. The van der Waals surface area contributed by atoms with Crippen LogP contribution in [-0.2, 0) is 0 Å². The predicted molar refractivity (Wildman–Crippen MR) is 43.7 cm³/mol. The minimum Gasteiger partial charge on any atom is -0.290 e. The Kier molecular flexibility index (Phi) is 1.90. The van der Waals surface area contributed by atoms with E-state index in [4.69, 9.17) is 5.21 Å². The van der Waals surface area contributed by atoms with Crippen LogP contribution in [0.5, 0.6) is 0 Å². The van der Waals surface area contributed by atoms with Crippen molar-refractivity contribution in [2.45, 2.75) is 32.5 Å². The number of amidine groups is 1. The van der Waals surface area contributed by atoms with Gasteiger partial charge in [0, 0.05) is 0 Å². The third-order valence-electron chi connectivity index (χ3n) is 2.44. The highest BCUT2D eigenvalue weighted by atomic mass is 16.5. The van der Waals surface area contributed by atoms with Crippen molar-refractivity contribution in [1.82, 2.24) is 10.4 Å². The molecule has 0 amide bonds. The lowest BCUT2D eigenvalue weighted by molar-refractivity contribution is 0.176. The maximum Gasteiger partial charge on any atom is 0.142 e. The standard InChI is InChI=1S/C7H15N3O/c1-5-8-6(9-11)7(2,3)10(5)4/h5,11H,1-4H3,(H,8,9). The van der Waals surface area contributed by atoms with Gasteiger partial charge in [-0.2, -0.15) is 0 Å². The summed E-state index contributed by atoms with van der Waals surface area (Å²) in [5.41, 5.74) is 1.94. The molecule has 0 fully saturated rings. The molecule has 0 saturated heterocycles. The van der Waals surface area contributed by atoms with Crippen LogP contribution in [-0.4, -0.2) is 34.7 Å². The van der Waals surface area contributed by atoms with Crippen LogP contribution < -0.4 is 5.48 Å². The van der Waals surface area contributed by atoms with Crippen molar-refractivity contribution in [3.05, 3.63) is 0 Å². The molecule has 64 valence electrons. The molecule has 4 nitrogen and oxygen atoms in total. The Morgan fingerprint density at radius 3 is 2.36 bits per heavy atom. The lowest BCUT2D eigenvalue weighted by Crippen LogP contribution is -2.49. The van der Waals surface area contributed by atoms with E-state index in [0.717, 1.165) is 0 Å². The summed E-state index contributed by atoms with van der Waals surface area (Å²) in [6.45, 7) is 6.02. The van der Waals surface area contributed by atoms with Crippen LogP contribution in [0.2, 0.25) is 0 Å². The quantitative estimate of drug-likeness (QED) is 0.501. The molecule has 1 heterocycles. The van der Waals surface area contributed by atoms with E-state index in [0.29, 0.717) is 5.84 Å². The van der Waals surface area contributed by atoms with E-state index >= 15 is 0 Å². The number of likely N-dealkylation sites (N-methyl/N-ethyl adjacent to an activating group) is 1. The van der Waals surface area contributed by atoms with Crippen LogP contribution >= 0.6 is 0 Å². The van der Waals surface area contributed by atoms with Crippen LogP contribution in [0, 0.1) is 0 Å². The Labute approximate surface area is 66.9 Å². The van der Waals surface area contributed by atoms with Gasteiger partial charge in [-0.1, -0.05) is 0 Å². The van der Waals surface area contributed by atoms with Gasteiger partial charge in [0.2, 0.25) is 0 Å². The number of nitrogens with one attached hydrogen (secondary N) is 1. The molecule has 1 unspecified atom stereocenters. The highest BCUT2D eigenvalue weighted by Crippen LogP contribution is 2.23. The molecule has 4 heteroatoms. The van der Waals surface area contributed by atoms with E-state index in [1.54, 1.807) is 0 Å². The summed E-state index contributed by atoms with van der Waals surface area (Å²) in [6, 6.07) is 0. The van der Waals surface area contributed by atoms with Gasteiger partial charge in [0.05, 0.1) is 5.54 Å². The molecule has 1 aliphatic heterocycles. The second-order valence-corrected chi connectivity index (χ2v) is 3.39. The maximum atomic E-state index is 8.73. The fourth-order valence-corrected chi connectivity index (χ4v) is 1.23. The van der Waals surface area contributed by atoms with Gasteiger partial charge in [-0.15, -0.1) is 0 Å². The second kappa shape index (κ2) is 2.46. The predicted octanol–water partition coefficient (Wildman–Crippen LogP) is 0.434. The topological polar surface area (TPSA) is 47.9 Å². The highest BCUT2D eigenvalue weighted by Gasteiger charge is 2.38. The Morgan fingerprint density at radius 1 is 1.64 bits per heavy atom. The van der Waals surface area contributed by atoms with Crippen molar-refractivity contribution >= 4 is 5.84 Å². The average Bonchev–Trinajstić information content (AvgIpc) is 2.13. The number of nitrogens with zero attached hydrogens (tertiary/aromatic N) is 2. The molecule has 0 aromatic heterocycles. The summed E-state index contributed by atoms with van der Waals surface area (Å²) in [5.74, 6) is 0.632.